The van der Waals surface area contributed by atoms with Crippen molar-refractivity contribution in [3.63, 3.8) is 0 Å². The Balaban J connectivity index is 0.00000135. The van der Waals surface area contributed by atoms with E-state index in [1.165, 1.54) is 24.7 Å². The van der Waals surface area contributed by atoms with Crippen LogP contribution in [0.2, 0.25) is 0 Å². The maximum absolute atomic E-state index is 11.0. The number of carbonyl (C=O) groups is 1. The normalized spacial score (nSPS) is 11.4. The summed E-state index contributed by atoms with van der Waals surface area (Å²) in [6.07, 6.45) is 0.875. The Morgan fingerprint density at radius 3 is 2.36 bits per heavy atom. The zero-order valence-corrected chi connectivity index (χ0v) is 15.0. The lowest BCUT2D eigenvalue weighted by atomic mass is 10.0. The summed E-state index contributed by atoms with van der Waals surface area (Å²) < 4.78 is 4.56. The van der Waals surface area contributed by atoms with E-state index in [4.69, 9.17) is 0 Å². The third kappa shape index (κ3) is 7.46. The van der Waals surface area contributed by atoms with Gasteiger partial charge in [0, 0.05) is 19.1 Å². The van der Waals surface area contributed by atoms with Gasteiger partial charge >= 0.3 is 6.09 Å². The third-order valence-corrected chi connectivity index (χ3v) is 3.45. The number of benzene rings is 1. The van der Waals surface area contributed by atoms with Gasteiger partial charge in [0.1, 0.15) is 0 Å². The largest absolute Gasteiger partial charge is 0.453 e. The molecule has 1 rings (SSSR count). The Morgan fingerprint density at radius 1 is 1.27 bits per heavy atom. The Kier molecular flexibility index (Phi) is 11.2. The van der Waals surface area contributed by atoms with Crippen molar-refractivity contribution < 1.29 is 9.53 Å². The monoisotopic (exact) mass is 308 g/mol. The number of amides is 1. The maximum atomic E-state index is 11.0. The van der Waals surface area contributed by atoms with Gasteiger partial charge in [0.15, 0.2) is 0 Å². The second-order valence-corrected chi connectivity index (χ2v) is 5.29. The zero-order valence-electron chi connectivity index (χ0n) is 15.0. The van der Waals surface area contributed by atoms with Crippen LogP contribution in [-0.2, 0) is 4.74 Å². The number of hydrogen-bond acceptors (Lipinski definition) is 3. The smallest absolute Gasteiger partial charge is 0.406 e. The molecule has 0 aliphatic rings. The zero-order chi connectivity index (χ0) is 17.0. The van der Waals surface area contributed by atoms with Crippen LogP contribution < -0.4 is 5.32 Å². The first-order valence-corrected chi connectivity index (χ1v) is 8.13. The molecule has 126 valence electrons. The number of nitrogens with zero attached hydrogens (tertiary/aromatic N) is 1. The predicted octanol–water partition coefficient (Wildman–Crippen LogP) is 4.15. The third-order valence-electron chi connectivity index (χ3n) is 3.45. The van der Waals surface area contributed by atoms with E-state index in [-0.39, 0.29) is 6.09 Å². The average Bonchev–Trinajstić information content (AvgIpc) is 2.52. The maximum Gasteiger partial charge on any atom is 0.406 e. The van der Waals surface area contributed by atoms with Gasteiger partial charge in [-0.2, -0.15) is 0 Å². The van der Waals surface area contributed by atoms with Crippen molar-refractivity contribution in [2.75, 3.05) is 26.7 Å². The minimum Gasteiger partial charge on any atom is -0.453 e. The molecule has 1 unspecified atom stereocenters. The van der Waals surface area contributed by atoms with Gasteiger partial charge in [0.25, 0.3) is 0 Å². The molecule has 0 aromatic heterocycles. The second kappa shape index (κ2) is 12.0. The summed E-state index contributed by atoms with van der Waals surface area (Å²) in [5.74, 6) is 0. The summed E-state index contributed by atoms with van der Waals surface area (Å²) in [4.78, 5) is 13.4. The molecule has 1 N–H and O–H groups in total. The lowest BCUT2D eigenvalue weighted by molar-refractivity contribution is 0.165. The van der Waals surface area contributed by atoms with Gasteiger partial charge < -0.3 is 10.1 Å². The summed E-state index contributed by atoms with van der Waals surface area (Å²) in [7, 11) is 1.38. The number of aryl methyl sites for hydroxylation is 1. The van der Waals surface area contributed by atoms with E-state index in [0.717, 1.165) is 13.1 Å². The molecule has 1 atom stereocenters. The standard InChI is InChI=1S/C15H24N2O2.C3H8/c1-5-17(11-10-16-15(18)19-4)13(3)14-9-7-6-8-12(14)2;1-3-2/h6-9,13H,5,10-11H2,1-4H3,(H,16,18);3H2,1-2H3. The number of ether oxygens (including phenoxy) is 1. The van der Waals surface area contributed by atoms with Gasteiger partial charge in [-0.3, -0.25) is 4.90 Å². The molecule has 0 spiro atoms. The molecule has 0 aliphatic heterocycles. The van der Waals surface area contributed by atoms with Gasteiger partial charge in [-0.1, -0.05) is 51.5 Å². The van der Waals surface area contributed by atoms with Crippen LogP contribution in [0.15, 0.2) is 24.3 Å². The highest BCUT2D eigenvalue weighted by Gasteiger charge is 2.15. The number of hydrogen-bond donors (Lipinski definition) is 1. The van der Waals surface area contributed by atoms with Gasteiger partial charge in [-0.25, -0.2) is 4.79 Å². The molecule has 4 nitrogen and oxygen atoms in total. The van der Waals surface area contributed by atoms with Crippen molar-refractivity contribution in [3.05, 3.63) is 35.4 Å². The summed E-state index contributed by atoms with van der Waals surface area (Å²) >= 11 is 0. The molecule has 1 aromatic rings. The highest BCUT2D eigenvalue weighted by Crippen LogP contribution is 2.22. The van der Waals surface area contributed by atoms with E-state index < -0.39 is 0 Å². The fourth-order valence-electron chi connectivity index (χ4n) is 2.25. The highest BCUT2D eigenvalue weighted by atomic mass is 16.5. The van der Waals surface area contributed by atoms with Crippen LogP contribution in [0.25, 0.3) is 0 Å². The number of carbonyl (C=O) groups excluding carboxylic acids is 1. The minimum absolute atomic E-state index is 0.339. The van der Waals surface area contributed by atoms with Crippen molar-refractivity contribution in [1.82, 2.24) is 10.2 Å². The lowest BCUT2D eigenvalue weighted by Gasteiger charge is -2.29. The SMILES string of the molecule is CCC.CCN(CCNC(=O)OC)C(C)c1ccccc1C. The van der Waals surface area contributed by atoms with Gasteiger partial charge in [-0.05, 0) is 31.5 Å². The Morgan fingerprint density at radius 2 is 1.86 bits per heavy atom. The molecule has 1 amide bonds. The van der Waals surface area contributed by atoms with E-state index in [2.05, 4.69) is 73.8 Å². The number of nitrogens with one attached hydrogen (secondary N) is 1. The molecule has 0 bridgehead atoms. The van der Waals surface area contributed by atoms with Crippen LogP contribution >= 0.6 is 0 Å². The molecule has 0 saturated carbocycles. The second-order valence-electron chi connectivity index (χ2n) is 5.29. The molecule has 4 heteroatoms. The fourth-order valence-corrected chi connectivity index (χ4v) is 2.25. The highest BCUT2D eigenvalue weighted by molar-refractivity contribution is 5.66. The van der Waals surface area contributed by atoms with E-state index in [1.807, 2.05) is 0 Å². The first kappa shape index (κ1) is 20.5. The van der Waals surface area contributed by atoms with Crippen molar-refractivity contribution in [3.8, 4) is 0 Å². The van der Waals surface area contributed by atoms with Gasteiger partial charge in [-0.15, -0.1) is 0 Å². The molecule has 0 fully saturated rings. The molecule has 0 aliphatic carbocycles. The molecular weight excluding hydrogens is 276 g/mol. The number of alkyl carbamates (subject to hydrolysis) is 1. The average molecular weight is 308 g/mol. The van der Waals surface area contributed by atoms with Crippen LogP contribution in [0, 0.1) is 6.92 Å². The Bertz CT molecular complexity index is 421. The van der Waals surface area contributed by atoms with Crippen molar-refractivity contribution >= 4 is 6.09 Å². The summed E-state index contributed by atoms with van der Waals surface area (Å²) in [5, 5.41) is 2.72. The molecule has 0 heterocycles. The molecule has 0 saturated heterocycles. The first-order chi connectivity index (χ1) is 10.5. The molecule has 0 radical (unpaired) electrons. The van der Waals surface area contributed by atoms with Gasteiger partial charge in [0.05, 0.1) is 7.11 Å². The molecular formula is C18H32N2O2. The van der Waals surface area contributed by atoms with Crippen LogP contribution in [-0.4, -0.2) is 37.7 Å². The first-order valence-electron chi connectivity index (χ1n) is 8.13. The van der Waals surface area contributed by atoms with Crippen molar-refractivity contribution in [2.45, 2.75) is 47.1 Å². The van der Waals surface area contributed by atoms with Gasteiger partial charge in [0.2, 0.25) is 0 Å². The van der Waals surface area contributed by atoms with Crippen LogP contribution in [0.1, 0.15) is 51.3 Å². The van der Waals surface area contributed by atoms with E-state index in [0.29, 0.717) is 12.6 Å². The van der Waals surface area contributed by atoms with Crippen molar-refractivity contribution in [2.24, 2.45) is 0 Å². The molecule has 22 heavy (non-hydrogen) atoms. The Hall–Kier alpha value is -1.55. The number of rotatable bonds is 6. The van der Waals surface area contributed by atoms with Crippen LogP contribution in [0.4, 0.5) is 4.79 Å². The Labute approximate surface area is 135 Å². The number of methoxy groups -OCH3 is 1. The summed E-state index contributed by atoms with van der Waals surface area (Å²) in [5.41, 5.74) is 2.64. The van der Waals surface area contributed by atoms with E-state index in [9.17, 15) is 4.79 Å². The fraction of sp³-hybridized carbons (Fsp3) is 0.611. The quantitative estimate of drug-likeness (QED) is 0.858. The van der Waals surface area contributed by atoms with E-state index in [1.54, 1.807) is 0 Å². The van der Waals surface area contributed by atoms with Crippen LogP contribution in [0.3, 0.4) is 0 Å². The minimum atomic E-state index is -0.375. The van der Waals surface area contributed by atoms with E-state index >= 15 is 0 Å². The van der Waals surface area contributed by atoms with Crippen molar-refractivity contribution in [1.29, 1.82) is 0 Å². The number of likely N-dealkylation sites (N-methyl/N-ethyl adjacent to an activating group) is 1. The lowest BCUT2D eigenvalue weighted by Crippen LogP contribution is -2.36. The summed E-state index contributed by atoms with van der Waals surface area (Å²) in [6, 6.07) is 8.76. The topological polar surface area (TPSA) is 41.6 Å². The van der Waals surface area contributed by atoms with Crippen LogP contribution in [0.5, 0.6) is 0 Å². The summed E-state index contributed by atoms with van der Waals surface area (Å²) in [6.45, 7) is 13.1. The molecule has 1 aromatic carbocycles. The predicted molar refractivity (Wildman–Crippen MR) is 93.2 cm³/mol.